The number of benzene rings is 1. The number of nitrogen functional groups attached to an aromatic ring is 1. The van der Waals surface area contributed by atoms with Crippen LogP contribution >= 0.6 is 12.4 Å². The van der Waals surface area contributed by atoms with Gasteiger partial charge in [0.1, 0.15) is 0 Å². The Morgan fingerprint density at radius 1 is 1.11 bits per heavy atom. The van der Waals surface area contributed by atoms with Gasteiger partial charge in [-0.3, -0.25) is 9.69 Å². The zero-order chi connectivity index (χ0) is 13.1. The van der Waals surface area contributed by atoms with E-state index in [1.165, 1.54) is 0 Å². The summed E-state index contributed by atoms with van der Waals surface area (Å²) in [6.07, 6.45) is 0. The maximum absolute atomic E-state index is 12.3. The molecular weight excluding hydrogens is 262 g/mol. The number of anilines is 1. The number of carbonyl (C=O) groups excluding carboxylic acids is 1. The molecule has 4 nitrogen and oxygen atoms in total. The summed E-state index contributed by atoms with van der Waals surface area (Å²) in [4.78, 5) is 16.6. The van der Waals surface area contributed by atoms with Crippen molar-refractivity contribution in [2.45, 2.75) is 19.9 Å². The summed E-state index contributed by atoms with van der Waals surface area (Å²) in [6, 6.07) is 7.70. The molecule has 2 N–H and O–H groups in total. The van der Waals surface area contributed by atoms with Crippen molar-refractivity contribution in [2.24, 2.45) is 0 Å². The van der Waals surface area contributed by atoms with Gasteiger partial charge in [0.2, 0.25) is 0 Å². The third kappa shape index (κ3) is 3.85. The van der Waals surface area contributed by atoms with Crippen molar-refractivity contribution in [1.82, 2.24) is 9.80 Å². The third-order valence-corrected chi connectivity index (χ3v) is 3.49. The highest BCUT2D eigenvalue weighted by atomic mass is 35.5. The molecular formula is C14H22ClN3O. The van der Waals surface area contributed by atoms with Gasteiger partial charge in [-0.15, -0.1) is 12.4 Å². The van der Waals surface area contributed by atoms with Gasteiger partial charge in [0, 0.05) is 43.5 Å². The minimum absolute atomic E-state index is 0. The van der Waals surface area contributed by atoms with E-state index in [1.54, 1.807) is 24.3 Å². The van der Waals surface area contributed by atoms with Crippen molar-refractivity contribution in [2.75, 3.05) is 31.9 Å². The molecule has 1 heterocycles. The Bertz CT molecular complexity index is 411. The van der Waals surface area contributed by atoms with Gasteiger partial charge >= 0.3 is 0 Å². The van der Waals surface area contributed by atoms with Crippen LogP contribution in [0, 0.1) is 0 Å². The molecule has 0 aliphatic carbocycles. The molecule has 5 heteroatoms. The number of hydrogen-bond donors (Lipinski definition) is 1. The molecule has 1 aliphatic rings. The van der Waals surface area contributed by atoms with Gasteiger partial charge in [-0.25, -0.2) is 0 Å². The van der Waals surface area contributed by atoms with Crippen LogP contribution in [0.15, 0.2) is 24.3 Å². The van der Waals surface area contributed by atoms with Crippen LogP contribution in [0.5, 0.6) is 0 Å². The number of rotatable bonds is 2. The van der Waals surface area contributed by atoms with E-state index < -0.39 is 0 Å². The average Bonchev–Trinajstić information content (AvgIpc) is 2.39. The van der Waals surface area contributed by atoms with Gasteiger partial charge in [0.25, 0.3) is 5.91 Å². The Morgan fingerprint density at radius 2 is 1.63 bits per heavy atom. The summed E-state index contributed by atoms with van der Waals surface area (Å²) in [7, 11) is 0. The molecule has 0 saturated carbocycles. The van der Waals surface area contributed by atoms with Crippen molar-refractivity contribution in [3.05, 3.63) is 29.8 Å². The molecule has 0 bridgehead atoms. The monoisotopic (exact) mass is 283 g/mol. The molecule has 2 rings (SSSR count). The number of piperazine rings is 1. The second kappa shape index (κ2) is 6.78. The van der Waals surface area contributed by atoms with E-state index in [1.807, 2.05) is 4.90 Å². The Balaban J connectivity index is 0.00000180. The first kappa shape index (κ1) is 15.8. The number of nitrogens with zero attached hydrogens (tertiary/aromatic N) is 2. The van der Waals surface area contributed by atoms with Crippen molar-refractivity contribution >= 4 is 24.0 Å². The van der Waals surface area contributed by atoms with Crippen LogP contribution in [-0.4, -0.2) is 47.9 Å². The number of hydrogen-bond acceptors (Lipinski definition) is 3. The molecule has 1 aromatic carbocycles. The van der Waals surface area contributed by atoms with Crippen LogP contribution in [0.4, 0.5) is 5.69 Å². The van der Waals surface area contributed by atoms with Crippen LogP contribution in [0.3, 0.4) is 0 Å². The zero-order valence-corrected chi connectivity index (χ0v) is 12.3. The standard InChI is InChI=1S/C14H21N3O.ClH/c1-11(2)16-7-9-17(10-8-16)14(18)12-3-5-13(15)6-4-12;/h3-6,11H,7-10,15H2,1-2H3;1H. The molecule has 106 valence electrons. The van der Waals surface area contributed by atoms with Gasteiger partial charge in [-0.05, 0) is 38.1 Å². The van der Waals surface area contributed by atoms with Gasteiger partial charge in [0.05, 0.1) is 0 Å². The van der Waals surface area contributed by atoms with Crippen LogP contribution < -0.4 is 5.73 Å². The smallest absolute Gasteiger partial charge is 0.253 e. The number of halogens is 1. The summed E-state index contributed by atoms with van der Waals surface area (Å²) in [5.41, 5.74) is 7.04. The van der Waals surface area contributed by atoms with E-state index in [0.717, 1.165) is 31.7 Å². The number of amides is 1. The first-order valence-corrected chi connectivity index (χ1v) is 6.47. The van der Waals surface area contributed by atoms with E-state index in [4.69, 9.17) is 5.73 Å². The van der Waals surface area contributed by atoms with E-state index in [2.05, 4.69) is 18.7 Å². The summed E-state index contributed by atoms with van der Waals surface area (Å²) in [5.74, 6) is 0.110. The highest BCUT2D eigenvalue weighted by molar-refractivity contribution is 5.94. The highest BCUT2D eigenvalue weighted by Gasteiger charge is 2.22. The lowest BCUT2D eigenvalue weighted by atomic mass is 10.1. The number of nitrogens with two attached hydrogens (primary N) is 1. The van der Waals surface area contributed by atoms with E-state index >= 15 is 0 Å². The topological polar surface area (TPSA) is 49.6 Å². The van der Waals surface area contributed by atoms with Crippen molar-refractivity contribution in [3.8, 4) is 0 Å². The molecule has 0 spiro atoms. The predicted molar refractivity (Wildman–Crippen MR) is 80.7 cm³/mol. The van der Waals surface area contributed by atoms with Crippen molar-refractivity contribution < 1.29 is 4.79 Å². The van der Waals surface area contributed by atoms with Gasteiger partial charge in [-0.1, -0.05) is 0 Å². The van der Waals surface area contributed by atoms with Crippen molar-refractivity contribution in [3.63, 3.8) is 0 Å². The molecule has 1 amide bonds. The minimum Gasteiger partial charge on any atom is -0.399 e. The fourth-order valence-electron chi connectivity index (χ4n) is 2.25. The second-order valence-electron chi connectivity index (χ2n) is 5.04. The molecule has 1 aliphatic heterocycles. The predicted octanol–water partition coefficient (Wildman–Crippen LogP) is 1.86. The Labute approximate surface area is 121 Å². The molecule has 0 radical (unpaired) electrons. The highest BCUT2D eigenvalue weighted by Crippen LogP contribution is 2.12. The lowest BCUT2D eigenvalue weighted by Gasteiger charge is -2.37. The molecule has 0 atom stereocenters. The normalized spacial score (nSPS) is 16.3. The SMILES string of the molecule is CC(C)N1CCN(C(=O)c2ccc(N)cc2)CC1.Cl. The second-order valence-corrected chi connectivity index (χ2v) is 5.04. The molecule has 1 fully saturated rings. The van der Waals surface area contributed by atoms with Crippen LogP contribution in [0.2, 0.25) is 0 Å². The minimum atomic E-state index is 0. The Kier molecular flexibility index (Phi) is 5.63. The fraction of sp³-hybridized carbons (Fsp3) is 0.500. The largest absolute Gasteiger partial charge is 0.399 e. The fourth-order valence-corrected chi connectivity index (χ4v) is 2.25. The molecule has 19 heavy (non-hydrogen) atoms. The Morgan fingerprint density at radius 3 is 2.11 bits per heavy atom. The van der Waals surface area contributed by atoms with E-state index in [9.17, 15) is 4.79 Å². The van der Waals surface area contributed by atoms with E-state index in [-0.39, 0.29) is 18.3 Å². The average molecular weight is 284 g/mol. The zero-order valence-electron chi connectivity index (χ0n) is 11.5. The van der Waals surface area contributed by atoms with Gasteiger partial charge in [0.15, 0.2) is 0 Å². The molecule has 1 aromatic rings. The summed E-state index contributed by atoms with van der Waals surface area (Å²) in [6.45, 7) is 7.91. The van der Waals surface area contributed by atoms with Crippen LogP contribution in [0.25, 0.3) is 0 Å². The van der Waals surface area contributed by atoms with Gasteiger partial charge in [-0.2, -0.15) is 0 Å². The van der Waals surface area contributed by atoms with Gasteiger partial charge < -0.3 is 10.6 Å². The van der Waals surface area contributed by atoms with E-state index in [0.29, 0.717) is 11.7 Å². The van der Waals surface area contributed by atoms with Crippen LogP contribution in [-0.2, 0) is 0 Å². The van der Waals surface area contributed by atoms with Crippen LogP contribution in [0.1, 0.15) is 24.2 Å². The summed E-state index contributed by atoms with van der Waals surface area (Å²) in [5, 5.41) is 0. The third-order valence-electron chi connectivity index (χ3n) is 3.49. The first-order valence-electron chi connectivity index (χ1n) is 6.47. The molecule has 0 aromatic heterocycles. The lowest BCUT2D eigenvalue weighted by molar-refractivity contribution is 0.0595. The quantitative estimate of drug-likeness (QED) is 0.843. The Hall–Kier alpha value is -1.26. The maximum atomic E-state index is 12.3. The molecule has 1 saturated heterocycles. The summed E-state index contributed by atoms with van der Waals surface area (Å²) >= 11 is 0. The lowest BCUT2D eigenvalue weighted by Crippen LogP contribution is -2.50. The first-order chi connectivity index (χ1) is 8.58. The molecule has 0 unspecified atom stereocenters. The summed E-state index contributed by atoms with van der Waals surface area (Å²) < 4.78 is 0. The van der Waals surface area contributed by atoms with Crippen molar-refractivity contribution in [1.29, 1.82) is 0 Å². The number of carbonyl (C=O) groups is 1. The maximum Gasteiger partial charge on any atom is 0.253 e.